The van der Waals surface area contributed by atoms with Gasteiger partial charge in [0.2, 0.25) is 0 Å². The van der Waals surface area contributed by atoms with E-state index in [1.807, 2.05) is 18.2 Å². The van der Waals surface area contributed by atoms with Crippen LogP contribution in [0.1, 0.15) is 43.4 Å². The highest BCUT2D eigenvalue weighted by Crippen LogP contribution is 2.39. The summed E-state index contributed by atoms with van der Waals surface area (Å²) < 4.78 is 0. The SMILES string of the molecule is CC/C(=C(\C1=CC=CCC1C)c1ccc(/C=C/C(=O)O)cc1)c1ccccc1. The van der Waals surface area contributed by atoms with Crippen LogP contribution >= 0.6 is 0 Å². The zero-order chi connectivity index (χ0) is 19.9. The number of hydrogen-bond acceptors (Lipinski definition) is 1. The van der Waals surface area contributed by atoms with Crippen molar-refractivity contribution in [3.05, 3.63) is 101 Å². The lowest BCUT2D eigenvalue weighted by Crippen LogP contribution is -2.06. The van der Waals surface area contributed by atoms with E-state index >= 15 is 0 Å². The molecule has 0 radical (unpaired) electrons. The van der Waals surface area contributed by atoms with Crippen LogP contribution in [0.4, 0.5) is 0 Å². The van der Waals surface area contributed by atoms with Gasteiger partial charge in [-0.25, -0.2) is 4.79 Å². The minimum absolute atomic E-state index is 0.455. The summed E-state index contributed by atoms with van der Waals surface area (Å²) >= 11 is 0. The molecular weight excluding hydrogens is 344 g/mol. The molecule has 2 heteroatoms. The molecule has 2 nitrogen and oxygen atoms in total. The molecule has 0 amide bonds. The van der Waals surface area contributed by atoms with Gasteiger partial charge in [-0.2, -0.15) is 0 Å². The number of benzene rings is 2. The van der Waals surface area contributed by atoms with E-state index in [1.165, 1.54) is 33.9 Å². The summed E-state index contributed by atoms with van der Waals surface area (Å²) in [5.74, 6) is -0.480. The molecule has 1 aliphatic carbocycles. The third-order valence-electron chi connectivity index (χ3n) is 5.12. The van der Waals surface area contributed by atoms with Crippen molar-refractivity contribution in [2.75, 3.05) is 0 Å². The Kier molecular flexibility index (Phi) is 6.44. The van der Waals surface area contributed by atoms with Crippen molar-refractivity contribution < 1.29 is 9.90 Å². The molecule has 0 aromatic heterocycles. The maximum absolute atomic E-state index is 10.8. The average molecular weight is 370 g/mol. The van der Waals surface area contributed by atoms with E-state index in [9.17, 15) is 4.79 Å². The minimum Gasteiger partial charge on any atom is -0.478 e. The molecule has 28 heavy (non-hydrogen) atoms. The Morgan fingerprint density at radius 2 is 1.79 bits per heavy atom. The first-order chi connectivity index (χ1) is 13.6. The van der Waals surface area contributed by atoms with E-state index in [2.05, 4.69) is 68.5 Å². The Bertz CT molecular complexity index is 942. The second-order valence-corrected chi connectivity index (χ2v) is 7.05. The number of hydrogen-bond donors (Lipinski definition) is 1. The van der Waals surface area contributed by atoms with Gasteiger partial charge in [0.1, 0.15) is 0 Å². The molecule has 1 unspecified atom stereocenters. The fourth-order valence-corrected chi connectivity index (χ4v) is 3.68. The summed E-state index contributed by atoms with van der Waals surface area (Å²) in [4.78, 5) is 10.8. The first kappa shape index (κ1) is 19.6. The smallest absolute Gasteiger partial charge is 0.328 e. The van der Waals surface area contributed by atoms with Gasteiger partial charge in [0, 0.05) is 6.08 Å². The van der Waals surface area contributed by atoms with Gasteiger partial charge in [-0.3, -0.25) is 0 Å². The first-order valence-electron chi connectivity index (χ1n) is 9.77. The van der Waals surface area contributed by atoms with Crippen molar-refractivity contribution in [2.45, 2.75) is 26.7 Å². The quantitative estimate of drug-likeness (QED) is 0.458. The Morgan fingerprint density at radius 3 is 2.39 bits per heavy atom. The Morgan fingerprint density at radius 1 is 1.07 bits per heavy atom. The average Bonchev–Trinajstić information content (AvgIpc) is 2.72. The molecule has 1 N–H and O–H groups in total. The van der Waals surface area contributed by atoms with E-state index in [0.717, 1.165) is 18.4 Å². The first-order valence-corrected chi connectivity index (χ1v) is 9.77. The molecule has 0 heterocycles. The number of carboxylic acids is 1. The summed E-state index contributed by atoms with van der Waals surface area (Å²) in [6, 6.07) is 18.7. The molecule has 0 fully saturated rings. The highest BCUT2D eigenvalue weighted by atomic mass is 16.4. The van der Waals surface area contributed by atoms with Crippen LogP contribution in [0.5, 0.6) is 0 Å². The van der Waals surface area contributed by atoms with Crippen molar-refractivity contribution in [2.24, 2.45) is 5.92 Å². The maximum atomic E-state index is 10.8. The predicted molar refractivity (Wildman–Crippen MR) is 118 cm³/mol. The molecule has 0 saturated heterocycles. The second kappa shape index (κ2) is 9.18. The topological polar surface area (TPSA) is 37.3 Å². The van der Waals surface area contributed by atoms with E-state index in [-0.39, 0.29) is 0 Å². The number of allylic oxidation sites excluding steroid dienone is 6. The molecular formula is C26H26O2. The molecule has 0 spiro atoms. The number of carboxylic acid groups (broad SMARTS) is 1. The van der Waals surface area contributed by atoms with Gasteiger partial charge in [0.05, 0.1) is 0 Å². The van der Waals surface area contributed by atoms with Crippen LogP contribution in [-0.4, -0.2) is 11.1 Å². The molecule has 2 aromatic rings. The summed E-state index contributed by atoms with van der Waals surface area (Å²) in [7, 11) is 0. The van der Waals surface area contributed by atoms with Crippen LogP contribution in [0.15, 0.2) is 84.5 Å². The van der Waals surface area contributed by atoms with Crippen molar-refractivity contribution in [1.82, 2.24) is 0 Å². The highest BCUT2D eigenvalue weighted by molar-refractivity contribution is 5.99. The fraction of sp³-hybridized carbons (Fsp3) is 0.192. The Hall–Kier alpha value is -3.13. The Labute approximate surface area is 167 Å². The van der Waals surface area contributed by atoms with E-state index in [1.54, 1.807) is 6.08 Å². The van der Waals surface area contributed by atoms with Gasteiger partial charge < -0.3 is 5.11 Å². The second-order valence-electron chi connectivity index (χ2n) is 7.05. The molecule has 0 bridgehead atoms. The third kappa shape index (κ3) is 4.58. The van der Waals surface area contributed by atoms with Crippen molar-refractivity contribution >= 4 is 23.2 Å². The summed E-state index contributed by atoms with van der Waals surface area (Å²) in [5.41, 5.74) is 7.28. The molecule has 1 aliphatic rings. The van der Waals surface area contributed by atoms with Crippen LogP contribution in [0.25, 0.3) is 17.2 Å². The van der Waals surface area contributed by atoms with Crippen molar-refractivity contribution in [3.63, 3.8) is 0 Å². The fourth-order valence-electron chi connectivity index (χ4n) is 3.68. The normalized spacial score (nSPS) is 17.4. The molecule has 142 valence electrons. The number of rotatable bonds is 6. The van der Waals surface area contributed by atoms with Crippen LogP contribution in [0.2, 0.25) is 0 Å². The molecule has 2 aromatic carbocycles. The van der Waals surface area contributed by atoms with Gasteiger partial charge >= 0.3 is 5.97 Å². The van der Waals surface area contributed by atoms with E-state index in [4.69, 9.17) is 5.11 Å². The van der Waals surface area contributed by atoms with E-state index in [0.29, 0.717) is 5.92 Å². The lowest BCUT2D eigenvalue weighted by Gasteiger charge is -2.24. The lowest BCUT2D eigenvalue weighted by atomic mass is 9.80. The third-order valence-corrected chi connectivity index (χ3v) is 5.12. The standard InChI is InChI=1S/C26H26O2/c1-3-23(21-10-5-4-6-11-21)26(24-12-8-7-9-19(24)2)22-16-13-20(14-17-22)15-18-25(27)28/h4-8,10-19H,3,9H2,1-2H3,(H,27,28)/b18-15+,26-23+. The number of carbonyl (C=O) groups is 1. The number of aliphatic carboxylic acids is 1. The minimum atomic E-state index is -0.935. The zero-order valence-electron chi connectivity index (χ0n) is 16.4. The summed E-state index contributed by atoms with van der Waals surface area (Å²) in [5, 5.41) is 8.84. The Balaban J connectivity index is 2.14. The van der Waals surface area contributed by atoms with Crippen LogP contribution in [0.3, 0.4) is 0 Å². The largest absolute Gasteiger partial charge is 0.478 e. The maximum Gasteiger partial charge on any atom is 0.328 e. The van der Waals surface area contributed by atoms with Gasteiger partial charge in [0.25, 0.3) is 0 Å². The van der Waals surface area contributed by atoms with Crippen LogP contribution < -0.4 is 0 Å². The summed E-state index contributed by atoms with van der Waals surface area (Å²) in [6.07, 6.45) is 11.4. The van der Waals surface area contributed by atoms with Gasteiger partial charge in [-0.05, 0) is 58.2 Å². The molecule has 3 rings (SSSR count). The van der Waals surface area contributed by atoms with Crippen molar-refractivity contribution in [1.29, 1.82) is 0 Å². The lowest BCUT2D eigenvalue weighted by molar-refractivity contribution is -0.131. The monoisotopic (exact) mass is 370 g/mol. The van der Waals surface area contributed by atoms with Crippen LogP contribution in [-0.2, 0) is 4.79 Å². The highest BCUT2D eigenvalue weighted by Gasteiger charge is 2.20. The zero-order valence-corrected chi connectivity index (χ0v) is 16.4. The predicted octanol–water partition coefficient (Wildman–Crippen LogP) is 6.63. The van der Waals surface area contributed by atoms with Gasteiger partial charge in [-0.1, -0.05) is 86.7 Å². The van der Waals surface area contributed by atoms with E-state index < -0.39 is 5.97 Å². The van der Waals surface area contributed by atoms with Crippen LogP contribution in [0, 0.1) is 5.92 Å². The van der Waals surface area contributed by atoms with Gasteiger partial charge in [0.15, 0.2) is 0 Å². The molecule has 1 atom stereocenters. The molecule has 0 aliphatic heterocycles. The summed E-state index contributed by atoms with van der Waals surface area (Å²) in [6.45, 7) is 4.48. The van der Waals surface area contributed by atoms with Gasteiger partial charge in [-0.15, -0.1) is 0 Å². The molecule has 0 saturated carbocycles. The van der Waals surface area contributed by atoms with Crippen molar-refractivity contribution in [3.8, 4) is 0 Å².